The summed E-state index contributed by atoms with van der Waals surface area (Å²) in [7, 11) is 0. The lowest BCUT2D eigenvalue weighted by Gasteiger charge is -2.26. The molecule has 2 aliphatic heterocycles. The van der Waals surface area contributed by atoms with Crippen molar-refractivity contribution in [3.63, 3.8) is 0 Å². The number of carbonyl (C=O) groups excluding carboxylic acids is 2. The van der Waals surface area contributed by atoms with Crippen LogP contribution in [-0.4, -0.2) is 56.2 Å². The number of carbonyl (C=O) groups is 2. The van der Waals surface area contributed by atoms with Gasteiger partial charge in [-0.15, -0.1) is 0 Å². The lowest BCUT2D eigenvalue weighted by Crippen LogP contribution is -2.40. The summed E-state index contributed by atoms with van der Waals surface area (Å²) in [6, 6.07) is 3.49. The lowest BCUT2D eigenvalue weighted by molar-refractivity contribution is -0.136. The Kier molecular flexibility index (Phi) is 5.57. The van der Waals surface area contributed by atoms with Crippen molar-refractivity contribution in [2.24, 2.45) is 0 Å². The van der Waals surface area contributed by atoms with Gasteiger partial charge in [-0.05, 0) is 15.9 Å². The maximum atomic E-state index is 12.1. The topological polar surface area (TPSA) is 77.1 Å². The number of halogens is 1. The molecule has 1 aromatic carbocycles. The molecule has 0 aromatic heterocycles. The number of morpholine rings is 1. The van der Waals surface area contributed by atoms with Crippen LogP contribution in [0, 0.1) is 0 Å². The predicted molar refractivity (Wildman–Crippen MR) is 90.4 cm³/mol. The van der Waals surface area contributed by atoms with E-state index in [1.807, 2.05) is 0 Å². The first-order valence-electron chi connectivity index (χ1n) is 7.88. The molecule has 24 heavy (non-hydrogen) atoms. The van der Waals surface area contributed by atoms with E-state index in [1.54, 1.807) is 17.0 Å². The average Bonchev–Trinajstić information content (AvgIpc) is 2.61. The highest BCUT2D eigenvalue weighted by atomic mass is 79.9. The van der Waals surface area contributed by atoms with Crippen LogP contribution in [0.2, 0.25) is 0 Å². The molecule has 3 rings (SSSR count). The number of ether oxygens (including phenoxy) is 3. The molecule has 1 fully saturated rings. The summed E-state index contributed by atoms with van der Waals surface area (Å²) in [6.45, 7) is 3.29. The summed E-state index contributed by atoms with van der Waals surface area (Å²) in [5.74, 6) is 1.02. The molecule has 130 valence electrons. The first-order chi connectivity index (χ1) is 11.6. The van der Waals surface area contributed by atoms with E-state index in [4.69, 9.17) is 14.2 Å². The Morgan fingerprint density at radius 1 is 1.04 bits per heavy atom. The van der Waals surface area contributed by atoms with E-state index in [0.717, 1.165) is 0 Å². The third-order valence-corrected chi connectivity index (χ3v) is 4.49. The molecular formula is C16H19BrN2O5. The van der Waals surface area contributed by atoms with Crippen molar-refractivity contribution in [2.45, 2.75) is 12.8 Å². The van der Waals surface area contributed by atoms with Gasteiger partial charge in [-0.2, -0.15) is 0 Å². The quantitative estimate of drug-likeness (QED) is 0.836. The highest BCUT2D eigenvalue weighted by molar-refractivity contribution is 9.10. The van der Waals surface area contributed by atoms with Crippen LogP contribution in [-0.2, 0) is 14.3 Å². The van der Waals surface area contributed by atoms with Crippen molar-refractivity contribution in [3.05, 3.63) is 16.6 Å². The fourth-order valence-corrected chi connectivity index (χ4v) is 2.99. The number of rotatable bonds is 4. The Morgan fingerprint density at radius 3 is 2.42 bits per heavy atom. The van der Waals surface area contributed by atoms with Crippen molar-refractivity contribution in [2.75, 3.05) is 44.8 Å². The molecule has 1 aromatic rings. The minimum absolute atomic E-state index is 0.0188. The molecule has 0 unspecified atom stereocenters. The molecule has 7 nitrogen and oxygen atoms in total. The normalized spacial score (nSPS) is 16.6. The summed E-state index contributed by atoms with van der Waals surface area (Å²) in [4.78, 5) is 25.9. The minimum atomic E-state index is -0.214. The molecule has 0 radical (unpaired) electrons. The van der Waals surface area contributed by atoms with Crippen LogP contribution >= 0.6 is 15.9 Å². The van der Waals surface area contributed by atoms with E-state index in [-0.39, 0.29) is 24.7 Å². The van der Waals surface area contributed by atoms with Crippen LogP contribution in [0.3, 0.4) is 0 Å². The molecule has 0 atom stereocenters. The maximum Gasteiger partial charge on any atom is 0.224 e. The van der Waals surface area contributed by atoms with E-state index in [0.29, 0.717) is 61.2 Å². The molecular weight excluding hydrogens is 380 g/mol. The molecule has 2 heterocycles. The molecule has 0 spiro atoms. The Hall–Kier alpha value is -1.80. The van der Waals surface area contributed by atoms with Crippen molar-refractivity contribution in [1.29, 1.82) is 0 Å². The van der Waals surface area contributed by atoms with Crippen molar-refractivity contribution < 1.29 is 23.8 Å². The molecule has 1 N–H and O–H groups in total. The van der Waals surface area contributed by atoms with Gasteiger partial charge in [0.25, 0.3) is 0 Å². The van der Waals surface area contributed by atoms with Crippen LogP contribution in [0.15, 0.2) is 16.6 Å². The summed E-state index contributed by atoms with van der Waals surface area (Å²) < 4.78 is 16.9. The van der Waals surface area contributed by atoms with E-state index in [2.05, 4.69) is 21.2 Å². The van der Waals surface area contributed by atoms with Crippen LogP contribution in [0.5, 0.6) is 11.5 Å². The Morgan fingerprint density at radius 2 is 1.71 bits per heavy atom. The molecule has 0 bridgehead atoms. The van der Waals surface area contributed by atoms with Gasteiger partial charge < -0.3 is 24.4 Å². The van der Waals surface area contributed by atoms with E-state index in [1.165, 1.54) is 0 Å². The highest BCUT2D eigenvalue weighted by Crippen LogP contribution is 2.38. The first kappa shape index (κ1) is 17.0. The van der Waals surface area contributed by atoms with Gasteiger partial charge in [0.15, 0.2) is 11.5 Å². The van der Waals surface area contributed by atoms with Crippen LogP contribution in [0.1, 0.15) is 12.8 Å². The van der Waals surface area contributed by atoms with Crippen molar-refractivity contribution in [1.82, 2.24) is 4.90 Å². The van der Waals surface area contributed by atoms with E-state index in [9.17, 15) is 9.59 Å². The third kappa shape index (κ3) is 4.18. The van der Waals surface area contributed by atoms with Gasteiger partial charge in [0, 0.05) is 42.5 Å². The lowest BCUT2D eigenvalue weighted by atomic mass is 10.2. The summed E-state index contributed by atoms with van der Waals surface area (Å²) in [5.41, 5.74) is 0.600. The number of nitrogens with zero attached hydrogens (tertiary/aromatic N) is 1. The number of nitrogens with one attached hydrogen (secondary N) is 1. The number of fused-ring (bicyclic) bond motifs is 1. The first-order valence-corrected chi connectivity index (χ1v) is 8.67. The number of benzene rings is 1. The smallest absolute Gasteiger partial charge is 0.224 e. The van der Waals surface area contributed by atoms with Crippen LogP contribution in [0.25, 0.3) is 0 Å². The summed E-state index contributed by atoms with van der Waals surface area (Å²) in [5, 5.41) is 2.80. The predicted octanol–water partition coefficient (Wildman–Crippen LogP) is 1.80. The van der Waals surface area contributed by atoms with Gasteiger partial charge in [-0.3, -0.25) is 9.59 Å². The van der Waals surface area contributed by atoms with Gasteiger partial charge in [0.1, 0.15) is 13.2 Å². The fourth-order valence-electron chi connectivity index (χ4n) is 2.56. The fraction of sp³-hybridized carbons (Fsp3) is 0.500. The van der Waals surface area contributed by atoms with Crippen molar-refractivity contribution in [3.8, 4) is 11.5 Å². The third-order valence-electron chi connectivity index (χ3n) is 3.84. The highest BCUT2D eigenvalue weighted by Gasteiger charge is 2.19. The molecule has 8 heteroatoms. The largest absolute Gasteiger partial charge is 0.486 e. The zero-order valence-electron chi connectivity index (χ0n) is 13.2. The second kappa shape index (κ2) is 7.85. The second-order valence-electron chi connectivity index (χ2n) is 5.52. The van der Waals surface area contributed by atoms with Crippen LogP contribution < -0.4 is 14.8 Å². The SMILES string of the molecule is O=C(CCC(=O)N1CCOCC1)Nc1cc2c(cc1Br)OCCO2. The molecule has 1 saturated heterocycles. The van der Waals surface area contributed by atoms with Gasteiger partial charge in [0.05, 0.1) is 18.9 Å². The summed E-state index contributed by atoms with van der Waals surface area (Å²) in [6.07, 6.45) is 0.324. The molecule has 0 saturated carbocycles. The van der Waals surface area contributed by atoms with Crippen molar-refractivity contribution >= 4 is 33.4 Å². The van der Waals surface area contributed by atoms with Gasteiger partial charge in [0.2, 0.25) is 11.8 Å². The van der Waals surface area contributed by atoms with Gasteiger partial charge >= 0.3 is 0 Å². The molecule has 2 amide bonds. The zero-order valence-corrected chi connectivity index (χ0v) is 14.8. The molecule has 2 aliphatic rings. The van der Waals surface area contributed by atoms with Gasteiger partial charge in [-0.1, -0.05) is 0 Å². The summed E-state index contributed by atoms with van der Waals surface area (Å²) >= 11 is 3.41. The Bertz CT molecular complexity index is 631. The van der Waals surface area contributed by atoms with E-state index >= 15 is 0 Å². The standard InChI is InChI=1S/C16H19BrN2O5/c17-11-9-13-14(24-8-7-23-13)10-12(11)18-15(20)1-2-16(21)19-3-5-22-6-4-19/h9-10H,1-8H2,(H,18,20). The maximum absolute atomic E-state index is 12.1. The van der Waals surface area contributed by atoms with Gasteiger partial charge in [-0.25, -0.2) is 0 Å². The number of amides is 2. The molecule has 0 aliphatic carbocycles. The zero-order chi connectivity index (χ0) is 16.9. The number of anilines is 1. The van der Waals surface area contributed by atoms with E-state index < -0.39 is 0 Å². The minimum Gasteiger partial charge on any atom is -0.486 e. The average molecular weight is 399 g/mol. The Balaban J connectivity index is 1.54. The van der Waals surface area contributed by atoms with Crippen LogP contribution in [0.4, 0.5) is 5.69 Å². The monoisotopic (exact) mass is 398 g/mol. The second-order valence-corrected chi connectivity index (χ2v) is 6.37. The number of hydrogen-bond donors (Lipinski definition) is 1. The Labute approximate surface area is 148 Å². The number of hydrogen-bond acceptors (Lipinski definition) is 5.